The number of aromatic amines is 1. The molecule has 22 heavy (non-hydrogen) atoms. The van der Waals surface area contributed by atoms with Gasteiger partial charge in [-0.05, 0) is 27.7 Å². The maximum absolute atomic E-state index is 11.6. The van der Waals surface area contributed by atoms with Gasteiger partial charge in [-0.15, -0.1) is 0 Å². The lowest BCUT2D eigenvalue weighted by Gasteiger charge is -2.20. The van der Waals surface area contributed by atoms with Crippen LogP contribution in [0.1, 0.15) is 32.2 Å². The number of H-pyrrole nitrogens is 1. The Bertz CT molecular complexity index is 625. The highest BCUT2D eigenvalue weighted by molar-refractivity contribution is 5.74. The van der Waals surface area contributed by atoms with Crippen LogP contribution >= 0.6 is 0 Å². The first-order chi connectivity index (χ1) is 10.3. The van der Waals surface area contributed by atoms with Gasteiger partial charge in [0.1, 0.15) is 5.82 Å². The molecule has 0 radical (unpaired) electrons. The van der Waals surface area contributed by atoms with Gasteiger partial charge >= 0.3 is 6.03 Å². The molecule has 6 nitrogen and oxygen atoms in total. The van der Waals surface area contributed by atoms with Gasteiger partial charge in [-0.2, -0.15) is 5.10 Å². The Morgan fingerprint density at radius 2 is 1.91 bits per heavy atom. The average Bonchev–Trinajstić information content (AvgIpc) is 2.86. The topological polar surface area (TPSA) is 82.7 Å². The van der Waals surface area contributed by atoms with Crippen LogP contribution in [0.5, 0.6) is 0 Å². The second-order valence-corrected chi connectivity index (χ2v) is 6.35. The quantitative estimate of drug-likeness (QED) is 0.811. The van der Waals surface area contributed by atoms with Crippen molar-refractivity contribution in [3.8, 4) is 11.4 Å². The van der Waals surface area contributed by atoms with Gasteiger partial charge in [0.25, 0.3) is 0 Å². The van der Waals surface area contributed by atoms with E-state index in [2.05, 4.69) is 25.8 Å². The molecule has 1 aromatic carbocycles. The smallest absolute Gasteiger partial charge is 0.315 e. The highest BCUT2D eigenvalue weighted by Crippen LogP contribution is 2.15. The number of carbonyl (C=O) groups is 1. The van der Waals surface area contributed by atoms with Crippen LogP contribution in [0.2, 0.25) is 0 Å². The van der Waals surface area contributed by atoms with Gasteiger partial charge in [0.15, 0.2) is 5.82 Å². The Balaban J connectivity index is 1.85. The van der Waals surface area contributed by atoms with E-state index in [-0.39, 0.29) is 11.6 Å². The van der Waals surface area contributed by atoms with Crippen molar-refractivity contribution in [1.82, 2.24) is 25.8 Å². The summed E-state index contributed by atoms with van der Waals surface area (Å²) in [7, 11) is 0. The Morgan fingerprint density at radius 1 is 1.23 bits per heavy atom. The predicted molar refractivity (Wildman–Crippen MR) is 86.5 cm³/mol. The molecule has 0 aliphatic heterocycles. The first-order valence-corrected chi connectivity index (χ1v) is 7.38. The molecule has 2 amide bonds. The molecule has 0 saturated heterocycles. The molecule has 0 fully saturated rings. The minimum absolute atomic E-state index is 0.175. The molecule has 6 heteroatoms. The van der Waals surface area contributed by atoms with Crippen LogP contribution in [-0.2, 0) is 6.42 Å². The number of rotatable bonds is 4. The van der Waals surface area contributed by atoms with Crippen LogP contribution in [0, 0.1) is 6.92 Å². The molecule has 1 heterocycles. The Hall–Kier alpha value is -2.37. The first-order valence-electron chi connectivity index (χ1n) is 7.38. The summed E-state index contributed by atoms with van der Waals surface area (Å²) >= 11 is 0. The molecule has 0 unspecified atom stereocenters. The normalized spacial score (nSPS) is 11.3. The summed E-state index contributed by atoms with van der Waals surface area (Å²) in [6, 6.07) is 7.88. The SMILES string of the molecule is Cc1ccc(-c2n[nH]c(CCNC(=O)NC(C)(C)C)n2)cc1. The zero-order chi connectivity index (χ0) is 16.2. The van der Waals surface area contributed by atoms with Gasteiger partial charge in [0.2, 0.25) is 0 Å². The molecule has 3 N–H and O–H groups in total. The molecule has 0 aliphatic carbocycles. The van der Waals surface area contributed by atoms with Crippen LogP contribution < -0.4 is 10.6 Å². The van der Waals surface area contributed by atoms with E-state index in [1.54, 1.807) is 0 Å². The minimum atomic E-state index is -0.241. The van der Waals surface area contributed by atoms with Crippen LogP contribution in [0.15, 0.2) is 24.3 Å². The first kappa shape index (κ1) is 16.0. The average molecular weight is 301 g/mol. The van der Waals surface area contributed by atoms with E-state index in [1.807, 2.05) is 52.0 Å². The summed E-state index contributed by atoms with van der Waals surface area (Å²) in [4.78, 5) is 16.1. The fourth-order valence-electron chi connectivity index (χ4n) is 1.92. The van der Waals surface area contributed by atoms with Crippen LogP contribution in [0.25, 0.3) is 11.4 Å². The molecule has 0 bridgehead atoms. The lowest BCUT2D eigenvalue weighted by molar-refractivity contribution is 0.232. The number of carbonyl (C=O) groups excluding carboxylic acids is 1. The van der Waals surface area contributed by atoms with Crippen molar-refractivity contribution in [2.45, 2.75) is 39.7 Å². The van der Waals surface area contributed by atoms with Gasteiger partial charge in [0.05, 0.1) is 0 Å². The summed E-state index contributed by atoms with van der Waals surface area (Å²) in [5.74, 6) is 1.43. The Morgan fingerprint density at radius 3 is 2.55 bits per heavy atom. The number of amides is 2. The summed E-state index contributed by atoms with van der Waals surface area (Å²) < 4.78 is 0. The van der Waals surface area contributed by atoms with E-state index in [9.17, 15) is 4.79 Å². The third-order valence-corrected chi connectivity index (χ3v) is 2.98. The second kappa shape index (κ2) is 6.60. The lowest BCUT2D eigenvalue weighted by Crippen LogP contribution is -2.46. The maximum atomic E-state index is 11.6. The van der Waals surface area contributed by atoms with Crippen molar-refractivity contribution in [2.24, 2.45) is 0 Å². The summed E-state index contributed by atoms with van der Waals surface area (Å²) in [5, 5.41) is 12.8. The van der Waals surface area contributed by atoms with E-state index in [1.165, 1.54) is 5.56 Å². The summed E-state index contributed by atoms with van der Waals surface area (Å²) in [6.45, 7) is 8.37. The molecule has 2 aromatic rings. The number of hydrogen-bond donors (Lipinski definition) is 3. The van der Waals surface area contributed by atoms with Crippen molar-refractivity contribution in [1.29, 1.82) is 0 Å². The van der Waals surface area contributed by atoms with Gasteiger partial charge < -0.3 is 10.6 Å². The predicted octanol–water partition coefficient (Wildman–Crippen LogP) is 2.42. The Kier molecular flexibility index (Phi) is 4.80. The van der Waals surface area contributed by atoms with E-state index in [0.717, 1.165) is 11.4 Å². The highest BCUT2D eigenvalue weighted by atomic mass is 16.2. The van der Waals surface area contributed by atoms with Crippen molar-refractivity contribution in [3.05, 3.63) is 35.7 Å². The highest BCUT2D eigenvalue weighted by Gasteiger charge is 2.13. The van der Waals surface area contributed by atoms with Crippen LogP contribution in [0.3, 0.4) is 0 Å². The molecule has 0 atom stereocenters. The molecule has 2 rings (SSSR count). The summed E-state index contributed by atoms with van der Waals surface area (Å²) in [5.41, 5.74) is 1.94. The minimum Gasteiger partial charge on any atom is -0.338 e. The maximum Gasteiger partial charge on any atom is 0.315 e. The largest absolute Gasteiger partial charge is 0.338 e. The molecule has 1 aromatic heterocycles. The van der Waals surface area contributed by atoms with Crippen LogP contribution in [0.4, 0.5) is 4.79 Å². The number of nitrogens with zero attached hydrogens (tertiary/aromatic N) is 2. The molecule has 0 spiro atoms. The van der Waals surface area contributed by atoms with Gasteiger partial charge in [-0.25, -0.2) is 9.78 Å². The zero-order valence-electron chi connectivity index (χ0n) is 13.5. The monoisotopic (exact) mass is 301 g/mol. The second-order valence-electron chi connectivity index (χ2n) is 6.35. The van der Waals surface area contributed by atoms with Crippen molar-refractivity contribution < 1.29 is 4.79 Å². The van der Waals surface area contributed by atoms with Gasteiger partial charge in [-0.1, -0.05) is 29.8 Å². The third-order valence-electron chi connectivity index (χ3n) is 2.98. The standard InChI is InChI=1S/C16H23N5O/c1-11-5-7-12(8-6-11)14-18-13(20-21-14)9-10-17-15(22)19-16(2,3)4/h5-8H,9-10H2,1-4H3,(H2,17,19,22)(H,18,20,21). The van der Waals surface area contributed by atoms with E-state index >= 15 is 0 Å². The number of nitrogens with one attached hydrogen (secondary N) is 3. The molecule has 118 valence electrons. The van der Waals surface area contributed by atoms with E-state index in [0.29, 0.717) is 18.8 Å². The Labute approximate surface area is 130 Å². The fourth-order valence-corrected chi connectivity index (χ4v) is 1.92. The third kappa shape index (κ3) is 4.87. The molecular weight excluding hydrogens is 278 g/mol. The fraction of sp³-hybridized carbons (Fsp3) is 0.438. The molecular formula is C16H23N5O. The van der Waals surface area contributed by atoms with Crippen LogP contribution in [-0.4, -0.2) is 33.3 Å². The zero-order valence-corrected chi connectivity index (χ0v) is 13.5. The van der Waals surface area contributed by atoms with Crippen molar-refractivity contribution >= 4 is 6.03 Å². The van der Waals surface area contributed by atoms with Crippen molar-refractivity contribution in [3.63, 3.8) is 0 Å². The van der Waals surface area contributed by atoms with Gasteiger partial charge in [0, 0.05) is 24.1 Å². The molecule has 0 saturated carbocycles. The van der Waals surface area contributed by atoms with E-state index in [4.69, 9.17) is 0 Å². The van der Waals surface area contributed by atoms with Crippen molar-refractivity contribution in [2.75, 3.05) is 6.54 Å². The van der Waals surface area contributed by atoms with E-state index < -0.39 is 0 Å². The summed E-state index contributed by atoms with van der Waals surface area (Å²) in [6.07, 6.45) is 0.608. The number of benzene rings is 1. The number of hydrogen-bond acceptors (Lipinski definition) is 3. The number of aromatic nitrogens is 3. The van der Waals surface area contributed by atoms with Gasteiger partial charge in [-0.3, -0.25) is 5.10 Å². The number of urea groups is 1. The number of aryl methyl sites for hydroxylation is 1. The lowest BCUT2D eigenvalue weighted by atomic mass is 10.1. The molecule has 0 aliphatic rings.